The van der Waals surface area contributed by atoms with Crippen molar-refractivity contribution in [3.63, 3.8) is 0 Å². The van der Waals surface area contributed by atoms with Crippen LogP contribution in [0.2, 0.25) is 0 Å². The predicted molar refractivity (Wildman–Crippen MR) is 133 cm³/mol. The molecule has 2 aromatic carbocycles. The predicted octanol–water partition coefficient (Wildman–Crippen LogP) is 5.47. The lowest BCUT2D eigenvalue weighted by atomic mass is 9.91. The van der Waals surface area contributed by atoms with Gasteiger partial charge in [0, 0.05) is 18.6 Å². The first-order chi connectivity index (χ1) is 15.8. The Morgan fingerprint density at radius 1 is 1.00 bits per heavy atom. The Kier molecular flexibility index (Phi) is 7.02. The molecule has 0 unspecified atom stereocenters. The van der Waals surface area contributed by atoms with Gasteiger partial charge in [-0.3, -0.25) is 4.79 Å². The topological polar surface area (TPSA) is 94.6 Å². The van der Waals surface area contributed by atoms with E-state index < -0.39 is 15.9 Å². The second-order valence-corrected chi connectivity index (χ2v) is 10.9. The van der Waals surface area contributed by atoms with Gasteiger partial charge in [-0.25, -0.2) is 18.1 Å². The summed E-state index contributed by atoms with van der Waals surface area (Å²) in [6.07, 6.45) is 0. The molecule has 1 aromatic heterocycles. The number of sulfonamides is 1. The highest BCUT2D eigenvalue weighted by molar-refractivity contribution is 7.90. The van der Waals surface area contributed by atoms with Crippen molar-refractivity contribution in [3.05, 3.63) is 76.5 Å². The molecule has 0 aliphatic rings. The number of aryl methyl sites for hydroxylation is 3. The van der Waals surface area contributed by atoms with Crippen molar-refractivity contribution in [1.82, 2.24) is 9.71 Å². The lowest BCUT2D eigenvalue weighted by molar-refractivity contribution is 0.0978. The van der Waals surface area contributed by atoms with E-state index in [4.69, 9.17) is 9.47 Å². The molecule has 0 aliphatic carbocycles. The van der Waals surface area contributed by atoms with Gasteiger partial charge in [-0.15, -0.1) is 0 Å². The number of aromatic nitrogens is 1. The smallest absolute Gasteiger partial charge is 0.270 e. The third-order valence-corrected chi connectivity index (χ3v) is 6.58. The van der Waals surface area contributed by atoms with Crippen molar-refractivity contribution in [2.45, 2.75) is 51.9 Å². The highest BCUT2D eigenvalue weighted by atomic mass is 32.2. The number of nitrogens with zero attached hydrogens (tertiary/aromatic N) is 1. The Balaban J connectivity index is 0.00000432. The van der Waals surface area contributed by atoms with Crippen LogP contribution < -0.4 is 14.2 Å². The second kappa shape index (κ2) is 9.46. The monoisotopic (exact) mass is 484 g/mol. The van der Waals surface area contributed by atoms with E-state index in [-0.39, 0.29) is 23.2 Å². The van der Waals surface area contributed by atoms with Crippen molar-refractivity contribution < 1.29 is 24.1 Å². The molecule has 1 amide bonds. The summed E-state index contributed by atoms with van der Waals surface area (Å²) in [6, 6.07) is 13.1. The van der Waals surface area contributed by atoms with Gasteiger partial charge in [0.15, 0.2) is 0 Å². The van der Waals surface area contributed by atoms with Crippen LogP contribution in [0.5, 0.6) is 17.4 Å². The summed E-state index contributed by atoms with van der Waals surface area (Å²) in [5, 5.41) is 0. The van der Waals surface area contributed by atoms with Gasteiger partial charge < -0.3 is 9.47 Å². The molecule has 1 N–H and O–H groups in total. The molecule has 3 rings (SSSR count). The van der Waals surface area contributed by atoms with Crippen LogP contribution >= 0.6 is 0 Å². The average Bonchev–Trinajstić information content (AvgIpc) is 2.75. The maximum Gasteiger partial charge on any atom is 0.270 e. The number of amides is 1. The summed E-state index contributed by atoms with van der Waals surface area (Å²) in [5.74, 6) is 0.142. The molecule has 182 valence electrons. The first kappa shape index (κ1) is 25.2. The van der Waals surface area contributed by atoms with Crippen molar-refractivity contribution >= 4 is 15.9 Å². The van der Waals surface area contributed by atoms with E-state index in [9.17, 15) is 13.2 Å². The van der Waals surface area contributed by atoms with Gasteiger partial charge in [0.05, 0.1) is 12.0 Å². The number of hydrogen-bond donors (Lipinski definition) is 1. The molecule has 0 atom stereocenters. The van der Waals surface area contributed by atoms with Crippen LogP contribution in [0.4, 0.5) is 0 Å². The molecule has 0 fully saturated rings. The van der Waals surface area contributed by atoms with E-state index in [0.29, 0.717) is 17.2 Å². The number of methoxy groups -OCH3 is 1. The molecule has 34 heavy (non-hydrogen) atoms. The van der Waals surface area contributed by atoms with E-state index in [0.717, 1.165) is 16.7 Å². The number of nitrogens with one attached hydrogen (secondary N) is 1. The van der Waals surface area contributed by atoms with E-state index >= 15 is 0 Å². The normalized spacial score (nSPS) is 11.7. The second-order valence-electron chi connectivity index (χ2n) is 9.24. The average molecular weight is 485 g/mol. The lowest BCUT2D eigenvalue weighted by Gasteiger charge is -2.21. The van der Waals surface area contributed by atoms with Gasteiger partial charge >= 0.3 is 0 Å². The Bertz CT molecular complexity index is 1330. The zero-order valence-corrected chi connectivity index (χ0v) is 21.3. The van der Waals surface area contributed by atoms with Crippen molar-refractivity contribution in [2.24, 2.45) is 0 Å². The Labute approximate surface area is 202 Å². The number of hydrogen-bond acceptors (Lipinski definition) is 6. The fraction of sp³-hybridized carbons (Fsp3) is 0.308. The molecule has 0 aliphatic heterocycles. The Morgan fingerprint density at radius 3 is 2.24 bits per heavy atom. The summed E-state index contributed by atoms with van der Waals surface area (Å²) in [5.41, 5.74) is 3.26. The number of rotatable bonds is 6. The van der Waals surface area contributed by atoms with Crippen LogP contribution in [0.25, 0.3) is 0 Å². The lowest BCUT2D eigenvalue weighted by Crippen LogP contribution is -2.31. The number of ether oxygens (including phenoxy) is 2. The first-order valence-electron chi connectivity index (χ1n) is 10.8. The van der Waals surface area contributed by atoms with Gasteiger partial charge in [0.1, 0.15) is 17.1 Å². The molecule has 7 nitrogen and oxygen atoms in total. The van der Waals surface area contributed by atoms with Crippen LogP contribution in [0.3, 0.4) is 0 Å². The Morgan fingerprint density at radius 2 is 1.65 bits per heavy atom. The van der Waals surface area contributed by atoms with Crippen LogP contribution in [-0.4, -0.2) is 26.4 Å². The van der Waals surface area contributed by atoms with Crippen LogP contribution in [0.15, 0.2) is 53.4 Å². The molecule has 0 spiro atoms. The van der Waals surface area contributed by atoms with Gasteiger partial charge in [-0.1, -0.05) is 44.5 Å². The summed E-state index contributed by atoms with van der Waals surface area (Å²) in [7, 11) is -2.72. The summed E-state index contributed by atoms with van der Waals surface area (Å²) in [4.78, 5) is 17.6. The van der Waals surface area contributed by atoms with E-state index in [1.807, 2.05) is 53.7 Å². The maximum atomic E-state index is 13.1. The summed E-state index contributed by atoms with van der Waals surface area (Å²) >= 11 is 0. The SMILES string of the molecule is COc1cccc(S(=O)(=O)NC(=O)c2ccc(C(C)(C)C)nc2Oc2c(C)cc(C)cc2C)c1.[HH]. The molecule has 8 heteroatoms. The van der Waals surface area contributed by atoms with Gasteiger partial charge in [-0.2, -0.15) is 0 Å². The standard InChI is InChI=1S/C26H30N2O5S.H2/c1-16-13-17(2)23(18(3)14-16)33-25-21(11-12-22(27-25)26(4,5)6)24(29)28-34(30,31)20-10-8-9-19(15-20)32-7;/h8-15H,1-7H3,(H,28,29);1H. The maximum absolute atomic E-state index is 13.1. The van der Waals surface area contributed by atoms with Crippen LogP contribution in [0.1, 0.15) is 54.9 Å². The first-order valence-corrected chi connectivity index (χ1v) is 12.3. The fourth-order valence-corrected chi connectivity index (χ4v) is 4.54. The zero-order valence-electron chi connectivity index (χ0n) is 20.5. The third kappa shape index (κ3) is 5.56. The molecular formula is C26H32N2O5S. The quantitative estimate of drug-likeness (QED) is 0.499. The number of carbonyl (C=O) groups excluding carboxylic acids is 1. The third-order valence-electron chi connectivity index (χ3n) is 5.26. The minimum Gasteiger partial charge on any atom is -0.497 e. The van der Waals surface area contributed by atoms with Crippen LogP contribution in [0, 0.1) is 20.8 Å². The Hall–Kier alpha value is -3.39. The van der Waals surface area contributed by atoms with Gasteiger partial charge in [-0.05, 0) is 56.2 Å². The highest BCUT2D eigenvalue weighted by Crippen LogP contribution is 2.33. The van der Waals surface area contributed by atoms with Gasteiger partial charge in [0.2, 0.25) is 5.88 Å². The molecule has 0 saturated heterocycles. The summed E-state index contributed by atoms with van der Waals surface area (Å²) in [6.45, 7) is 11.8. The molecule has 1 heterocycles. The number of benzene rings is 2. The molecule has 3 aromatic rings. The minimum absolute atomic E-state index is 0. The minimum atomic E-state index is -4.15. The molecule has 0 saturated carbocycles. The van der Waals surface area contributed by atoms with E-state index in [1.165, 1.54) is 31.4 Å². The van der Waals surface area contributed by atoms with E-state index in [1.54, 1.807) is 12.1 Å². The molecular weight excluding hydrogens is 452 g/mol. The zero-order chi connectivity index (χ0) is 25.3. The van der Waals surface area contributed by atoms with Gasteiger partial charge in [0.25, 0.3) is 15.9 Å². The number of carbonyl (C=O) groups is 1. The van der Waals surface area contributed by atoms with Crippen molar-refractivity contribution in [2.75, 3.05) is 7.11 Å². The van der Waals surface area contributed by atoms with Crippen molar-refractivity contribution in [1.29, 1.82) is 0 Å². The molecule has 0 radical (unpaired) electrons. The highest BCUT2D eigenvalue weighted by Gasteiger charge is 2.26. The number of pyridine rings is 1. The fourth-order valence-electron chi connectivity index (χ4n) is 3.54. The van der Waals surface area contributed by atoms with E-state index in [2.05, 4.69) is 9.71 Å². The molecule has 0 bridgehead atoms. The largest absolute Gasteiger partial charge is 0.497 e. The van der Waals surface area contributed by atoms with Crippen LogP contribution in [-0.2, 0) is 15.4 Å². The summed E-state index contributed by atoms with van der Waals surface area (Å²) < 4.78 is 39.1. The van der Waals surface area contributed by atoms with Crippen molar-refractivity contribution in [3.8, 4) is 17.4 Å².